The van der Waals surface area contributed by atoms with Crippen LogP contribution in [0.15, 0.2) is 64.5 Å². The Morgan fingerprint density at radius 3 is 2.66 bits per heavy atom. The normalized spacial score (nSPS) is 14.1. The second kappa shape index (κ2) is 9.17. The quantitative estimate of drug-likeness (QED) is 0.293. The summed E-state index contributed by atoms with van der Waals surface area (Å²) in [6.07, 6.45) is 1.66. The molecular weight excluding hydrogens is 441 g/mol. The second-order valence-electron chi connectivity index (χ2n) is 8.17. The molecule has 3 heterocycles. The Morgan fingerprint density at radius 1 is 1.09 bits per heavy atom. The first kappa shape index (κ1) is 21.4. The molecule has 0 unspecified atom stereocenters. The van der Waals surface area contributed by atoms with Gasteiger partial charge in [-0.25, -0.2) is 9.37 Å². The first-order chi connectivity index (χ1) is 15.6. The van der Waals surface area contributed by atoms with Crippen LogP contribution in [-0.4, -0.2) is 28.0 Å². The first-order valence-corrected chi connectivity index (χ1v) is 12.5. The van der Waals surface area contributed by atoms with Crippen LogP contribution in [0.3, 0.4) is 0 Å². The average Bonchev–Trinajstić information content (AvgIpc) is 3.16. The molecule has 164 valence electrons. The fourth-order valence-electron chi connectivity index (χ4n) is 4.11. The van der Waals surface area contributed by atoms with E-state index in [1.165, 1.54) is 28.1 Å². The topological polar surface area (TPSA) is 38.1 Å². The van der Waals surface area contributed by atoms with E-state index in [0.717, 1.165) is 46.9 Å². The van der Waals surface area contributed by atoms with Gasteiger partial charge in [0.1, 0.15) is 10.6 Å². The minimum absolute atomic E-state index is 0.0644. The highest BCUT2D eigenvalue weighted by Crippen LogP contribution is 2.33. The van der Waals surface area contributed by atoms with Crippen molar-refractivity contribution in [1.29, 1.82) is 0 Å². The van der Waals surface area contributed by atoms with Crippen LogP contribution in [0.5, 0.6) is 0 Å². The highest BCUT2D eigenvalue weighted by molar-refractivity contribution is 7.98. The fraction of sp³-hybridized carbons (Fsp3) is 0.280. The molecule has 0 atom stereocenters. The number of halogens is 1. The standard InChI is InChI=1S/C25H24FN3OS2/c1-28-13-12-20-21(15-28)32-23-22(20)24(30)29(14-11-17-5-3-2-4-6-17)25(27-23)31-16-18-7-9-19(26)10-8-18/h2-10H,11-16H2,1H3. The smallest absolute Gasteiger partial charge is 0.263 e. The molecule has 0 radical (unpaired) electrons. The predicted molar refractivity (Wildman–Crippen MR) is 130 cm³/mol. The van der Waals surface area contributed by atoms with Gasteiger partial charge >= 0.3 is 0 Å². The number of benzene rings is 2. The highest BCUT2D eigenvalue weighted by Gasteiger charge is 2.24. The summed E-state index contributed by atoms with van der Waals surface area (Å²) in [6.45, 7) is 2.42. The van der Waals surface area contributed by atoms with E-state index in [2.05, 4.69) is 24.1 Å². The number of aromatic nitrogens is 2. The van der Waals surface area contributed by atoms with Crippen LogP contribution in [0.25, 0.3) is 10.2 Å². The molecule has 0 N–H and O–H groups in total. The molecule has 4 aromatic rings. The van der Waals surface area contributed by atoms with Gasteiger partial charge in [0.15, 0.2) is 5.16 Å². The lowest BCUT2D eigenvalue weighted by Crippen LogP contribution is -2.28. The van der Waals surface area contributed by atoms with E-state index in [-0.39, 0.29) is 11.4 Å². The van der Waals surface area contributed by atoms with Crippen LogP contribution in [0.2, 0.25) is 0 Å². The van der Waals surface area contributed by atoms with Crippen LogP contribution in [-0.2, 0) is 31.7 Å². The molecule has 1 aliphatic rings. The highest BCUT2D eigenvalue weighted by atomic mass is 32.2. The van der Waals surface area contributed by atoms with Gasteiger partial charge in [-0.2, -0.15) is 0 Å². The van der Waals surface area contributed by atoms with Gasteiger partial charge in [-0.1, -0.05) is 54.2 Å². The summed E-state index contributed by atoms with van der Waals surface area (Å²) in [5.41, 5.74) is 3.45. The molecule has 0 spiro atoms. The van der Waals surface area contributed by atoms with E-state index in [9.17, 15) is 9.18 Å². The van der Waals surface area contributed by atoms with Crippen LogP contribution in [0, 0.1) is 5.82 Å². The lowest BCUT2D eigenvalue weighted by Gasteiger charge is -2.21. The summed E-state index contributed by atoms with van der Waals surface area (Å²) in [7, 11) is 2.11. The number of likely N-dealkylation sites (N-methyl/N-ethyl adjacent to an activating group) is 1. The van der Waals surface area contributed by atoms with E-state index in [1.54, 1.807) is 35.2 Å². The van der Waals surface area contributed by atoms with Crippen molar-refractivity contribution in [2.75, 3.05) is 13.6 Å². The lowest BCUT2D eigenvalue weighted by atomic mass is 10.1. The molecule has 5 rings (SSSR count). The van der Waals surface area contributed by atoms with Crippen LogP contribution in [0.1, 0.15) is 21.6 Å². The van der Waals surface area contributed by atoms with Crippen molar-refractivity contribution in [3.63, 3.8) is 0 Å². The van der Waals surface area contributed by atoms with E-state index in [0.29, 0.717) is 12.3 Å². The maximum atomic E-state index is 13.7. The summed E-state index contributed by atoms with van der Waals surface area (Å²) in [5.74, 6) is 0.393. The van der Waals surface area contributed by atoms with E-state index in [4.69, 9.17) is 4.98 Å². The van der Waals surface area contributed by atoms with Crippen LogP contribution >= 0.6 is 23.1 Å². The summed E-state index contributed by atoms with van der Waals surface area (Å²) in [4.78, 5) is 23.0. The number of rotatable bonds is 6. The molecule has 0 saturated carbocycles. The minimum atomic E-state index is -0.243. The van der Waals surface area contributed by atoms with E-state index >= 15 is 0 Å². The second-order valence-corrected chi connectivity index (χ2v) is 10.2. The predicted octanol–water partition coefficient (Wildman–Crippen LogP) is 5.12. The van der Waals surface area contributed by atoms with Gasteiger partial charge in [0, 0.05) is 30.3 Å². The summed E-state index contributed by atoms with van der Waals surface area (Å²) < 4.78 is 15.1. The molecule has 7 heteroatoms. The SMILES string of the molecule is CN1CCc2c(sc3nc(SCc4ccc(F)cc4)n(CCc4ccccc4)c(=O)c23)C1. The van der Waals surface area contributed by atoms with Gasteiger partial charge in [-0.3, -0.25) is 9.36 Å². The molecule has 4 nitrogen and oxygen atoms in total. The third-order valence-corrected chi connectivity index (χ3v) is 8.02. The maximum absolute atomic E-state index is 13.7. The summed E-state index contributed by atoms with van der Waals surface area (Å²) in [6, 6.07) is 16.7. The number of aryl methyl sites for hydroxylation is 1. The van der Waals surface area contributed by atoms with Gasteiger partial charge in [0.25, 0.3) is 5.56 Å². The van der Waals surface area contributed by atoms with E-state index < -0.39 is 0 Å². The van der Waals surface area contributed by atoms with Gasteiger partial charge in [-0.05, 0) is 48.7 Å². The Kier molecular flexibility index (Phi) is 6.13. The van der Waals surface area contributed by atoms with Gasteiger partial charge in [-0.15, -0.1) is 11.3 Å². The average molecular weight is 466 g/mol. The zero-order chi connectivity index (χ0) is 22.1. The Morgan fingerprint density at radius 2 is 1.88 bits per heavy atom. The Balaban J connectivity index is 1.53. The van der Waals surface area contributed by atoms with Crippen molar-refractivity contribution >= 4 is 33.3 Å². The molecule has 2 aromatic carbocycles. The maximum Gasteiger partial charge on any atom is 0.263 e. The summed E-state index contributed by atoms with van der Waals surface area (Å²) >= 11 is 3.19. The number of nitrogens with zero attached hydrogens (tertiary/aromatic N) is 3. The van der Waals surface area contributed by atoms with Crippen molar-refractivity contribution in [3.8, 4) is 0 Å². The van der Waals surface area contributed by atoms with Crippen LogP contribution < -0.4 is 5.56 Å². The third kappa shape index (κ3) is 4.37. The van der Waals surface area contributed by atoms with Crippen molar-refractivity contribution in [2.24, 2.45) is 0 Å². The molecule has 0 amide bonds. The molecule has 0 aliphatic carbocycles. The third-order valence-electron chi connectivity index (χ3n) is 5.86. The van der Waals surface area contributed by atoms with Crippen molar-refractivity contribution in [2.45, 2.75) is 36.8 Å². The molecule has 0 fully saturated rings. The molecule has 32 heavy (non-hydrogen) atoms. The minimum Gasteiger partial charge on any atom is -0.301 e. The Bertz CT molecular complexity index is 1300. The van der Waals surface area contributed by atoms with Gasteiger partial charge in [0.2, 0.25) is 0 Å². The number of hydrogen-bond acceptors (Lipinski definition) is 5. The number of thioether (sulfide) groups is 1. The Hall–Kier alpha value is -2.48. The monoisotopic (exact) mass is 465 g/mol. The molecule has 0 bridgehead atoms. The molecule has 1 aliphatic heterocycles. The van der Waals surface area contributed by atoms with Gasteiger partial charge in [0.05, 0.1) is 5.39 Å². The zero-order valence-electron chi connectivity index (χ0n) is 17.9. The number of fused-ring (bicyclic) bond motifs is 3. The van der Waals surface area contributed by atoms with Crippen molar-refractivity contribution in [3.05, 3.63) is 92.3 Å². The molecule has 2 aromatic heterocycles. The molecular formula is C25H24FN3OS2. The van der Waals surface area contributed by atoms with Crippen molar-refractivity contribution < 1.29 is 4.39 Å². The number of thiophene rings is 1. The lowest BCUT2D eigenvalue weighted by molar-refractivity contribution is 0.318. The van der Waals surface area contributed by atoms with Crippen LogP contribution in [0.4, 0.5) is 4.39 Å². The van der Waals surface area contributed by atoms with Crippen molar-refractivity contribution in [1.82, 2.24) is 14.5 Å². The fourth-order valence-corrected chi connectivity index (χ4v) is 6.43. The summed E-state index contributed by atoms with van der Waals surface area (Å²) in [5, 5.41) is 1.53. The zero-order valence-corrected chi connectivity index (χ0v) is 19.5. The largest absolute Gasteiger partial charge is 0.301 e. The molecule has 0 saturated heterocycles. The Labute approximate surface area is 194 Å². The number of hydrogen-bond donors (Lipinski definition) is 0. The van der Waals surface area contributed by atoms with Gasteiger partial charge < -0.3 is 4.90 Å². The van der Waals surface area contributed by atoms with E-state index in [1.807, 2.05) is 22.8 Å². The first-order valence-electron chi connectivity index (χ1n) is 10.7.